The van der Waals surface area contributed by atoms with Crippen LogP contribution < -0.4 is 5.32 Å². The van der Waals surface area contributed by atoms with Gasteiger partial charge in [-0.25, -0.2) is 0 Å². The predicted octanol–water partition coefficient (Wildman–Crippen LogP) is 4.49. The molecule has 1 N–H and O–H groups in total. The molecule has 150 valence electrons. The first-order valence-electron chi connectivity index (χ1n) is 9.79. The molecule has 4 aromatic rings. The number of carbonyl (C=O) groups is 1. The Morgan fingerprint density at radius 1 is 1.10 bits per heavy atom. The fraction of sp³-hybridized carbons (Fsp3) is 0.318. The van der Waals surface area contributed by atoms with E-state index in [2.05, 4.69) is 46.3 Å². The largest absolute Gasteiger partial charge is 0.345 e. The maximum Gasteiger partial charge on any atom is 0.252 e. The fourth-order valence-electron chi connectivity index (χ4n) is 3.67. The van der Waals surface area contributed by atoms with Crippen LogP contribution in [0.1, 0.15) is 48.5 Å². The molecular formula is C22H25N5OS. The van der Waals surface area contributed by atoms with Gasteiger partial charge in [-0.3, -0.25) is 9.20 Å². The van der Waals surface area contributed by atoms with Gasteiger partial charge in [0.25, 0.3) is 5.91 Å². The summed E-state index contributed by atoms with van der Waals surface area (Å²) in [7, 11) is 0. The molecule has 0 spiro atoms. The summed E-state index contributed by atoms with van der Waals surface area (Å²) in [5, 5.41) is 12.8. The Morgan fingerprint density at radius 2 is 1.97 bits per heavy atom. The van der Waals surface area contributed by atoms with Crippen LogP contribution in [-0.4, -0.2) is 37.1 Å². The Kier molecular flexibility index (Phi) is 5.58. The number of pyridine rings is 1. The van der Waals surface area contributed by atoms with Crippen LogP contribution in [0.2, 0.25) is 0 Å². The summed E-state index contributed by atoms with van der Waals surface area (Å²) in [6.07, 6.45) is 6.83. The number of nitrogens with zero attached hydrogens (tertiary/aromatic N) is 4. The Balaban J connectivity index is 1.68. The van der Waals surface area contributed by atoms with E-state index >= 15 is 0 Å². The Morgan fingerprint density at radius 3 is 2.76 bits per heavy atom. The highest BCUT2D eigenvalue weighted by atomic mass is 32.2. The smallest absolute Gasteiger partial charge is 0.252 e. The molecule has 29 heavy (non-hydrogen) atoms. The molecular weight excluding hydrogens is 382 g/mol. The van der Waals surface area contributed by atoms with Gasteiger partial charge in [0.1, 0.15) is 0 Å². The second-order valence-corrected chi connectivity index (χ2v) is 8.34. The molecule has 1 atom stereocenters. The number of thioether (sulfide) groups is 1. The second-order valence-electron chi connectivity index (χ2n) is 7.35. The molecule has 0 bridgehead atoms. The molecule has 7 heteroatoms. The van der Waals surface area contributed by atoms with Gasteiger partial charge in [0.15, 0.2) is 11.5 Å². The molecule has 4 rings (SSSR count). The van der Waals surface area contributed by atoms with Gasteiger partial charge in [0, 0.05) is 34.9 Å². The standard InChI is InChI=1S/C22H25N5OS/c1-15(2)26-13-10-16-17(7-6-8-19(16)26)22(28)23-18(11-14-29-3)21-25-24-20-9-4-5-12-27(20)21/h4-10,12-13,15,18H,11,14H2,1-3H3,(H,23,28). The highest BCUT2D eigenvalue weighted by molar-refractivity contribution is 7.98. The van der Waals surface area contributed by atoms with Crippen molar-refractivity contribution in [2.45, 2.75) is 32.4 Å². The number of hydrogen-bond donors (Lipinski definition) is 1. The van der Waals surface area contributed by atoms with Crippen molar-refractivity contribution in [3.63, 3.8) is 0 Å². The third kappa shape index (κ3) is 3.74. The maximum atomic E-state index is 13.3. The van der Waals surface area contributed by atoms with Crippen molar-refractivity contribution < 1.29 is 4.79 Å². The summed E-state index contributed by atoms with van der Waals surface area (Å²) < 4.78 is 4.13. The highest BCUT2D eigenvalue weighted by Crippen LogP contribution is 2.25. The van der Waals surface area contributed by atoms with Crippen LogP contribution in [0.4, 0.5) is 0 Å². The van der Waals surface area contributed by atoms with Crippen LogP contribution in [0.15, 0.2) is 54.9 Å². The molecule has 0 saturated heterocycles. The number of hydrogen-bond acceptors (Lipinski definition) is 4. The number of nitrogens with one attached hydrogen (secondary N) is 1. The summed E-state index contributed by atoms with van der Waals surface area (Å²) in [5.41, 5.74) is 2.54. The van der Waals surface area contributed by atoms with Crippen molar-refractivity contribution in [3.05, 3.63) is 66.2 Å². The molecule has 6 nitrogen and oxygen atoms in total. The van der Waals surface area contributed by atoms with Gasteiger partial charge >= 0.3 is 0 Å². The average molecular weight is 408 g/mol. The summed E-state index contributed by atoms with van der Waals surface area (Å²) in [6, 6.07) is 13.8. The molecule has 1 unspecified atom stereocenters. The van der Waals surface area contributed by atoms with Crippen LogP contribution in [0.3, 0.4) is 0 Å². The molecule has 0 aliphatic heterocycles. The van der Waals surface area contributed by atoms with Gasteiger partial charge in [-0.15, -0.1) is 10.2 Å². The van der Waals surface area contributed by atoms with Crippen LogP contribution >= 0.6 is 11.8 Å². The molecule has 1 aromatic carbocycles. The van der Waals surface area contributed by atoms with Crippen molar-refractivity contribution in [1.29, 1.82) is 0 Å². The molecule has 0 aliphatic rings. The third-order valence-corrected chi connectivity index (χ3v) is 5.78. The van der Waals surface area contributed by atoms with E-state index in [1.165, 1.54) is 0 Å². The lowest BCUT2D eigenvalue weighted by Crippen LogP contribution is -2.30. The summed E-state index contributed by atoms with van der Waals surface area (Å²) >= 11 is 1.75. The third-order valence-electron chi connectivity index (χ3n) is 5.13. The number of rotatable bonds is 7. The average Bonchev–Trinajstić information content (AvgIpc) is 3.35. The molecule has 1 amide bonds. The lowest BCUT2D eigenvalue weighted by molar-refractivity contribution is 0.0935. The number of benzene rings is 1. The second kappa shape index (κ2) is 8.29. The van der Waals surface area contributed by atoms with Gasteiger partial charge in [0.05, 0.1) is 6.04 Å². The van der Waals surface area contributed by atoms with Crippen LogP contribution in [0, 0.1) is 0 Å². The van der Waals surface area contributed by atoms with E-state index < -0.39 is 0 Å². The van der Waals surface area contributed by atoms with Gasteiger partial charge in [-0.05, 0) is 62.6 Å². The quantitative estimate of drug-likeness (QED) is 0.490. The Labute approximate surface area is 174 Å². The van der Waals surface area contributed by atoms with E-state index in [0.29, 0.717) is 11.6 Å². The molecule has 0 fully saturated rings. The van der Waals surface area contributed by atoms with Crippen molar-refractivity contribution in [2.24, 2.45) is 0 Å². The zero-order valence-corrected chi connectivity index (χ0v) is 17.7. The van der Waals surface area contributed by atoms with Gasteiger partial charge in [-0.2, -0.15) is 11.8 Å². The first kappa shape index (κ1) is 19.5. The zero-order valence-electron chi connectivity index (χ0n) is 16.9. The lowest BCUT2D eigenvalue weighted by Gasteiger charge is -2.17. The summed E-state index contributed by atoms with van der Waals surface area (Å²) in [6.45, 7) is 4.28. The number of aromatic nitrogens is 4. The number of fused-ring (bicyclic) bond motifs is 2. The van der Waals surface area contributed by atoms with Crippen molar-refractivity contribution in [1.82, 2.24) is 24.5 Å². The van der Waals surface area contributed by atoms with E-state index in [1.807, 2.05) is 53.2 Å². The first-order valence-corrected chi connectivity index (χ1v) is 11.2. The summed E-state index contributed by atoms with van der Waals surface area (Å²) in [4.78, 5) is 13.3. The Hall–Kier alpha value is -2.80. The zero-order chi connectivity index (χ0) is 20.4. The SMILES string of the molecule is CSCCC(NC(=O)c1cccc2c1ccn2C(C)C)c1nnc2ccccn12. The normalized spacial score (nSPS) is 12.7. The van der Waals surface area contributed by atoms with Crippen molar-refractivity contribution >= 4 is 34.2 Å². The predicted molar refractivity (Wildman–Crippen MR) is 119 cm³/mol. The number of amides is 1. The monoisotopic (exact) mass is 407 g/mol. The van der Waals surface area contributed by atoms with Crippen LogP contribution in [-0.2, 0) is 0 Å². The number of carbonyl (C=O) groups excluding carboxylic acids is 1. The van der Waals surface area contributed by atoms with E-state index in [9.17, 15) is 4.79 Å². The van der Waals surface area contributed by atoms with Gasteiger partial charge < -0.3 is 9.88 Å². The Bertz CT molecular complexity index is 1150. The first-order chi connectivity index (χ1) is 14.1. The molecule has 3 heterocycles. The minimum atomic E-state index is -0.213. The molecule has 0 saturated carbocycles. The minimum absolute atomic E-state index is 0.0871. The van der Waals surface area contributed by atoms with Crippen molar-refractivity contribution in [2.75, 3.05) is 12.0 Å². The van der Waals surface area contributed by atoms with E-state index in [-0.39, 0.29) is 11.9 Å². The lowest BCUT2D eigenvalue weighted by atomic mass is 10.1. The highest BCUT2D eigenvalue weighted by Gasteiger charge is 2.22. The van der Waals surface area contributed by atoms with Crippen molar-refractivity contribution in [3.8, 4) is 0 Å². The van der Waals surface area contributed by atoms with Gasteiger partial charge in [0.2, 0.25) is 0 Å². The summed E-state index contributed by atoms with van der Waals surface area (Å²) in [5.74, 6) is 1.59. The van der Waals surface area contributed by atoms with E-state index in [0.717, 1.165) is 34.5 Å². The topological polar surface area (TPSA) is 64.2 Å². The molecule has 0 radical (unpaired) electrons. The fourth-order valence-corrected chi connectivity index (χ4v) is 4.14. The van der Waals surface area contributed by atoms with Gasteiger partial charge in [-0.1, -0.05) is 12.1 Å². The van der Waals surface area contributed by atoms with E-state index in [4.69, 9.17) is 0 Å². The van der Waals surface area contributed by atoms with Crippen LogP contribution in [0.5, 0.6) is 0 Å². The molecule has 3 aromatic heterocycles. The minimum Gasteiger partial charge on any atom is -0.345 e. The maximum absolute atomic E-state index is 13.3. The molecule has 0 aliphatic carbocycles. The van der Waals surface area contributed by atoms with E-state index in [1.54, 1.807) is 11.8 Å². The van der Waals surface area contributed by atoms with Crippen LogP contribution in [0.25, 0.3) is 16.6 Å².